The number of amides is 1. The fourth-order valence-electron chi connectivity index (χ4n) is 3.57. The zero-order valence-corrected chi connectivity index (χ0v) is 16.1. The number of carbonyl (C=O) groups excluding carboxylic acids is 1. The van der Waals surface area contributed by atoms with Gasteiger partial charge < -0.3 is 25.6 Å². The average Bonchev–Trinajstić information content (AvgIpc) is 2.70. The fraction of sp³-hybridized carbons (Fsp3) is 0.632. The first-order chi connectivity index (χ1) is 13.2. The standard InChI is InChI=1S/C19H30N6O2/c1-2-27-19(26)25-12-10-24(11-13-25)18-16(20)17(22-14-23-18)21-9-8-15-6-4-3-5-7-15/h6,14H,2-5,7-13,20H2,1H3,(H,21,22,23). The molecule has 1 aromatic rings. The quantitative estimate of drug-likeness (QED) is 0.739. The zero-order chi connectivity index (χ0) is 19.1. The van der Waals surface area contributed by atoms with Gasteiger partial charge in [0.25, 0.3) is 0 Å². The molecule has 0 spiro atoms. The van der Waals surface area contributed by atoms with Crippen molar-refractivity contribution in [2.75, 3.05) is 55.3 Å². The Morgan fingerprint density at radius 3 is 2.78 bits per heavy atom. The Labute approximate surface area is 160 Å². The molecule has 148 valence electrons. The van der Waals surface area contributed by atoms with Gasteiger partial charge in [0.2, 0.25) is 0 Å². The molecule has 1 aliphatic heterocycles. The summed E-state index contributed by atoms with van der Waals surface area (Å²) in [6, 6.07) is 0. The van der Waals surface area contributed by atoms with Crippen LogP contribution in [0.2, 0.25) is 0 Å². The van der Waals surface area contributed by atoms with Crippen molar-refractivity contribution in [1.82, 2.24) is 14.9 Å². The molecule has 0 saturated carbocycles. The molecule has 1 amide bonds. The minimum Gasteiger partial charge on any atom is -0.450 e. The molecule has 1 aromatic heterocycles. The predicted octanol–water partition coefficient (Wildman–Crippen LogP) is 2.64. The first-order valence-electron chi connectivity index (χ1n) is 9.88. The highest BCUT2D eigenvalue weighted by Crippen LogP contribution is 2.27. The number of rotatable bonds is 6. The van der Waals surface area contributed by atoms with Crippen molar-refractivity contribution in [2.45, 2.75) is 39.0 Å². The van der Waals surface area contributed by atoms with E-state index in [1.807, 2.05) is 6.92 Å². The number of hydrogen-bond donors (Lipinski definition) is 2. The topological polar surface area (TPSA) is 96.6 Å². The van der Waals surface area contributed by atoms with Gasteiger partial charge in [-0.05, 0) is 39.0 Å². The van der Waals surface area contributed by atoms with Crippen LogP contribution in [0.5, 0.6) is 0 Å². The lowest BCUT2D eigenvalue weighted by molar-refractivity contribution is 0.105. The van der Waals surface area contributed by atoms with Crippen molar-refractivity contribution < 1.29 is 9.53 Å². The van der Waals surface area contributed by atoms with Crippen LogP contribution in [-0.4, -0.2) is 60.3 Å². The number of hydrogen-bond acceptors (Lipinski definition) is 7. The first-order valence-corrected chi connectivity index (χ1v) is 9.88. The third-order valence-electron chi connectivity index (χ3n) is 5.09. The number of nitrogens with zero attached hydrogens (tertiary/aromatic N) is 4. The Balaban J connectivity index is 1.55. The highest BCUT2D eigenvalue weighted by molar-refractivity contribution is 5.75. The van der Waals surface area contributed by atoms with Crippen LogP contribution in [0.15, 0.2) is 18.0 Å². The molecule has 3 N–H and O–H groups in total. The van der Waals surface area contributed by atoms with E-state index in [0.717, 1.165) is 18.8 Å². The van der Waals surface area contributed by atoms with E-state index in [0.29, 0.717) is 44.3 Å². The van der Waals surface area contributed by atoms with Gasteiger partial charge in [-0.15, -0.1) is 0 Å². The van der Waals surface area contributed by atoms with Gasteiger partial charge in [-0.25, -0.2) is 14.8 Å². The van der Waals surface area contributed by atoms with Crippen LogP contribution in [0.25, 0.3) is 0 Å². The van der Waals surface area contributed by atoms with E-state index in [2.05, 4.69) is 26.3 Å². The summed E-state index contributed by atoms with van der Waals surface area (Å²) in [5.41, 5.74) is 8.42. The lowest BCUT2D eigenvalue weighted by Gasteiger charge is -2.35. The summed E-state index contributed by atoms with van der Waals surface area (Å²) in [6.45, 7) is 5.57. The van der Waals surface area contributed by atoms with E-state index < -0.39 is 0 Å². The van der Waals surface area contributed by atoms with E-state index in [4.69, 9.17) is 10.5 Å². The lowest BCUT2D eigenvalue weighted by atomic mass is 9.97. The van der Waals surface area contributed by atoms with Crippen LogP contribution >= 0.6 is 0 Å². The highest BCUT2D eigenvalue weighted by Gasteiger charge is 2.24. The molecule has 3 rings (SSSR count). The van der Waals surface area contributed by atoms with Gasteiger partial charge in [0.1, 0.15) is 12.0 Å². The van der Waals surface area contributed by atoms with Crippen LogP contribution in [0.3, 0.4) is 0 Å². The van der Waals surface area contributed by atoms with E-state index in [9.17, 15) is 4.79 Å². The smallest absolute Gasteiger partial charge is 0.409 e. The molecular formula is C19H30N6O2. The van der Waals surface area contributed by atoms with Crippen LogP contribution in [0.4, 0.5) is 22.1 Å². The lowest BCUT2D eigenvalue weighted by Crippen LogP contribution is -2.49. The van der Waals surface area contributed by atoms with Crippen molar-refractivity contribution in [1.29, 1.82) is 0 Å². The van der Waals surface area contributed by atoms with E-state index in [1.165, 1.54) is 31.3 Å². The largest absolute Gasteiger partial charge is 0.450 e. The Morgan fingerprint density at radius 2 is 2.07 bits per heavy atom. The summed E-state index contributed by atoms with van der Waals surface area (Å²) in [5, 5.41) is 3.36. The second-order valence-corrected chi connectivity index (χ2v) is 6.92. The molecule has 0 unspecified atom stereocenters. The molecule has 2 aliphatic rings. The Bertz CT molecular complexity index is 670. The minimum absolute atomic E-state index is 0.257. The molecule has 8 nitrogen and oxygen atoms in total. The number of anilines is 3. The maximum atomic E-state index is 11.8. The number of nitrogens with one attached hydrogen (secondary N) is 1. The molecule has 1 aliphatic carbocycles. The third-order valence-corrected chi connectivity index (χ3v) is 5.09. The summed E-state index contributed by atoms with van der Waals surface area (Å²) in [5.74, 6) is 1.41. The van der Waals surface area contributed by atoms with E-state index >= 15 is 0 Å². The monoisotopic (exact) mass is 374 g/mol. The Morgan fingerprint density at radius 1 is 1.26 bits per heavy atom. The van der Waals surface area contributed by atoms with Crippen molar-refractivity contribution >= 4 is 23.4 Å². The summed E-state index contributed by atoms with van der Waals surface area (Å²) in [4.78, 5) is 24.3. The van der Waals surface area contributed by atoms with Gasteiger partial charge in [0.05, 0.1) is 6.61 Å². The molecule has 0 aromatic carbocycles. The third kappa shape index (κ3) is 5.02. The molecule has 0 bridgehead atoms. The van der Waals surface area contributed by atoms with E-state index in [1.54, 1.807) is 11.2 Å². The first kappa shape index (κ1) is 19.3. The predicted molar refractivity (Wildman–Crippen MR) is 107 cm³/mol. The van der Waals surface area contributed by atoms with Gasteiger partial charge in [-0.2, -0.15) is 0 Å². The van der Waals surface area contributed by atoms with Gasteiger partial charge in [-0.1, -0.05) is 11.6 Å². The number of nitrogens with two attached hydrogens (primary N) is 1. The average molecular weight is 374 g/mol. The fourth-order valence-corrected chi connectivity index (χ4v) is 3.57. The SMILES string of the molecule is CCOC(=O)N1CCN(c2ncnc(NCCC3=CCCCC3)c2N)CC1. The second kappa shape index (κ2) is 9.43. The summed E-state index contributed by atoms with van der Waals surface area (Å²) in [6.07, 6.45) is 9.69. The zero-order valence-electron chi connectivity index (χ0n) is 16.1. The number of nitrogen functional groups attached to an aromatic ring is 1. The molecule has 1 fully saturated rings. The normalized spacial score (nSPS) is 17.4. The minimum atomic E-state index is -0.257. The number of aromatic nitrogens is 2. The van der Waals surface area contributed by atoms with E-state index in [-0.39, 0.29) is 6.09 Å². The highest BCUT2D eigenvalue weighted by atomic mass is 16.6. The molecule has 0 radical (unpaired) electrons. The molecular weight excluding hydrogens is 344 g/mol. The maximum Gasteiger partial charge on any atom is 0.409 e. The molecule has 0 atom stereocenters. The van der Waals surface area contributed by atoms with Crippen molar-refractivity contribution in [3.8, 4) is 0 Å². The molecule has 27 heavy (non-hydrogen) atoms. The van der Waals surface area contributed by atoms with Crippen molar-refractivity contribution in [3.05, 3.63) is 18.0 Å². The van der Waals surface area contributed by atoms with Crippen molar-refractivity contribution in [2.24, 2.45) is 0 Å². The van der Waals surface area contributed by atoms with Crippen LogP contribution < -0.4 is 16.0 Å². The van der Waals surface area contributed by atoms with Gasteiger partial charge in [-0.3, -0.25) is 0 Å². The van der Waals surface area contributed by atoms with Crippen LogP contribution in [0.1, 0.15) is 39.0 Å². The maximum absolute atomic E-state index is 11.8. The summed E-state index contributed by atoms with van der Waals surface area (Å²) >= 11 is 0. The number of allylic oxidation sites excluding steroid dienone is 1. The van der Waals surface area contributed by atoms with Gasteiger partial charge in [0, 0.05) is 32.7 Å². The van der Waals surface area contributed by atoms with Crippen LogP contribution in [0, 0.1) is 0 Å². The molecule has 2 heterocycles. The number of piperazine rings is 1. The number of ether oxygens (including phenoxy) is 1. The molecule has 1 saturated heterocycles. The van der Waals surface area contributed by atoms with Crippen LogP contribution in [-0.2, 0) is 4.74 Å². The molecule has 8 heteroatoms. The van der Waals surface area contributed by atoms with Crippen molar-refractivity contribution in [3.63, 3.8) is 0 Å². The van der Waals surface area contributed by atoms with Gasteiger partial charge >= 0.3 is 6.09 Å². The summed E-state index contributed by atoms with van der Waals surface area (Å²) < 4.78 is 5.06. The van der Waals surface area contributed by atoms with Gasteiger partial charge in [0.15, 0.2) is 11.6 Å². The second-order valence-electron chi connectivity index (χ2n) is 6.92. The Hall–Kier alpha value is -2.51. The Kier molecular flexibility index (Phi) is 6.73. The summed E-state index contributed by atoms with van der Waals surface area (Å²) in [7, 11) is 0. The number of carbonyl (C=O) groups is 1.